The highest BCUT2D eigenvalue weighted by atomic mass is 15.2. The molecule has 3 N–H and O–H groups in total. The number of allylic oxidation sites excluding steroid dienone is 2. The van der Waals surface area contributed by atoms with Crippen molar-refractivity contribution in [2.75, 3.05) is 0 Å². The molecular weight excluding hydrogens is 294 g/mol. The van der Waals surface area contributed by atoms with Crippen molar-refractivity contribution < 1.29 is 0 Å². The van der Waals surface area contributed by atoms with Crippen LogP contribution in [0, 0.1) is 0 Å². The number of hydrogen-bond donors (Lipinski definition) is 3. The standard InChI is InChI=1S/C21H23N3/c1-3-18-19(4-2)24-21(22-15-16-11-7-5-8-12-16)20(23-18)17-13-9-6-10-14-17/h3-14,22-24H,15H2,1-2H3. The Hall–Kier alpha value is -2.94. The van der Waals surface area contributed by atoms with Gasteiger partial charge in [0.2, 0.25) is 0 Å². The molecule has 122 valence electrons. The maximum atomic E-state index is 3.55. The molecule has 3 heteroatoms. The zero-order valence-electron chi connectivity index (χ0n) is 14.1. The van der Waals surface area contributed by atoms with Crippen molar-refractivity contribution in [2.24, 2.45) is 0 Å². The lowest BCUT2D eigenvalue weighted by atomic mass is 10.1. The molecule has 0 atom stereocenters. The van der Waals surface area contributed by atoms with E-state index in [1.807, 2.05) is 26.0 Å². The molecule has 0 fully saturated rings. The minimum atomic E-state index is 0.767. The van der Waals surface area contributed by atoms with Gasteiger partial charge in [-0.2, -0.15) is 0 Å². The van der Waals surface area contributed by atoms with Gasteiger partial charge in [-0.1, -0.05) is 72.8 Å². The molecule has 2 aromatic carbocycles. The molecule has 1 aliphatic heterocycles. The molecule has 0 saturated carbocycles. The van der Waals surface area contributed by atoms with E-state index in [1.165, 1.54) is 5.56 Å². The first-order valence-electron chi connectivity index (χ1n) is 8.26. The number of nitrogens with one attached hydrogen (secondary N) is 3. The Morgan fingerprint density at radius 1 is 0.792 bits per heavy atom. The van der Waals surface area contributed by atoms with Crippen LogP contribution in [0.2, 0.25) is 0 Å². The van der Waals surface area contributed by atoms with Gasteiger partial charge in [-0.3, -0.25) is 0 Å². The summed E-state index contributed by atoms with van der Waals surface area (Å²) in [5, 5.41) is 10.6. The molecule has 3 rings (SSSR count). The Bertz CT molecular complexity index is 771. The lowest BCUT2D eigenvalue weighted by Gasteiger charge is -2.29. The van der Waals surface area contributed by atoms with Crippen LogP contribution in [0.5, 0.6) is 0 Å². The number of hydrogen-bond acceptors (Lipinski definition) is 3. The Morgan fingerprint density at radius 3 is 2.00 bits per heavy atom. The van der Waals surface area contributed by atoms with Crippen LogP contribution in [0.4, 0.5) is 0 Å². The van der Waals surface area contributed by atoms with Crippen molar-refractivity contribution in [3.05, 3.63) is 101 Å². The van der Waals surface area contributed by atoms with Crippen LogP contribution < -0.4 is 16.0 Å². The van der Waals surface area contributed by atoms with E-state index in [2.05, 4.69) is 76.6 Å². The molecule has 3 nitrogen and oxygen atoms in total. The molecule has 0 spiro atoms. The summed E-state index contributed by atoms with van der Waals surface area (Å²) < 4.78 is 0. The highest BCUT2D eigenvalue weighted by molar-refractivity contribution is 5.71. The SMILES string of the molecule is CC=C1NC(NCc2ccccc2)=C(c2ccccc2)NC1=CC. The van der Waals surface area contributed by atoms with Gasteiger partial charge in [-0.25, -0.2) is 0 Å². The second-order valence-electron chi connectivity index (χ2n) is 5.61. The fourth-order valence-electron chi connectivity index (χ4n) is 2.72. The lowest BCUT2D eigenvalue weighted by Crippen LogP contribution is -2.37. The molecule has 0 radical (unpaired) electrons. The molecule has 24 heavy (non-hydrogen) atoms. The summed E-state index contributed by atoms with van der Waals surface area (Å²) in [6.07, 6.45) is 4.16. The van der Waals surface area contributed by atoms with Gasteiger partial charge in [0, 0.05) is 12.1 Å². The van der Waals surface area contributed by atoms with Crippen molar-refractivity contribution in [2.45, 2.75) is 20.4 Å². The first-order valence-corrected chi connectivity index (χ1v) is 8.26. The van der Waals surface area contributed by atoms with E-state index in [4.69, 9.17) is 0 Å². The molecule has 2 aromatic rings. The number of benzene rings is 2. The molecule has 1 aliphatic rings. The fourth-order valence-corrected chi connectivity index (χ4v) is 2.72. The summed E-state index contributed by atoms with van der Waals surface area (Å²) in [6, 6.07) is 20.8. The molecule has 1 heterocycles. The quantitative estimate of drug-likeness (QED) is 0.794. The summed E-state index contributed by atoms with van der Waals surface area (Å²) in [5.74, 6) is 0.990. The van der Waals surface area contributed by atoms with Crippen LogP contribution in [0.3, 0.4) is 0 Å². The summed E-state index contributed by atoms with van der Waals surface area (Å²) >= 11 is 0. The van der Waals surface area contributed by atoms with Gasteiger partial charge in [0.25, 0.3) is 0 Å². The minimum absolute atomic E-state index is 0.767. The summed E-state index contributed by atoms with van der Waals surface area (Å²) in [4.78, 5) is 0. The highest BCUT2D eigenvalue weighted by Crippen LogP contribution is 2.23. The van der Waals surface area contributed by atoms with Gasteiger partial charge in [0.1, 0.15) is 5.82 Å². The van der Waals surface area contributed by atoms with E-state index in [0.717, 1.165) is 35.0 Å². The zero-order valence-corrected chi connectivity index (χ0v) is 14.1. The summed E-state index contributed by atoms with van der Waals surface area (Å²) in [5.41, 5.74) is 5.62. The zero-order chi connectivity index (χ0) is 16.8. The molecular formula is C21H23N3. The lowest BCUT2D eigenvalue weighted by molar-refractivity contribution is 0.711. The average molecular weight is 317 g/mol. The van der Waals surface area contributed by atoms with Crippen LogP contribution in [-0.2, 0) is 6.54 Å². The predicted octanol–water partition coefficient (Wildman–Crippen LogP) is 4.10. The summed E-state index contributed by atoms with van der Waals surface area (Å²) in [7, 11) is 0. The molecule has 0 saturated heterocycles. The van der Waals surface area contributed by atoms with Crippen molar-refractivity contribution in [1.82, 2.24) is 16.0 Å². The Morgan fingerprint density at radius 2 is 1.38 bits per heavy atom. The van der Waals surface area contributed by atoms with Gasteiger partial charge in [0.05, 0.1) is 17.1 Å². The van der Waals surface area contributed by atoms with Crippen LogP contribution in [0.15, 0.2) is 90.0 Å². The Balaban J connectivity index is 1.93. The molecule has 0 amide bonds. The van der Waals surface area contributed by atoms with E-state index in [9.17, 15) is 0 Å². The Labute approximate surface area is 143 Å². The third-order valence-corrected chi connectivity index (χ3v) is 4.01. The maximum Gasteiger partial charge on any atom is 0.128 e. The second-order valence-corrected chi connectivity index (χ2v) is 5.61. The van der Waals surface area contributed by atoms with Crippen LogP contribution in [-0.4, -0.2) is 0 Å². The molecule has 0 bridgehead atoms. The third kappa shape index (κ3) is 3.51. The predicted molar refractivity (Wildman–Crippen MR) is 100 cm³/mol. The van der Waals surface area contributed by atoms with Crippen LogP contribution in [0.1, 0.15) is 25.0 Å². The van der Waals surface area contributed by atoms with Crippen LogP contribution in [0.25, 0.3) is 5.70 Å². The van der Waals surface area contributed by atoms with Gasteiger partial charge in [-0.05, 0) is 19.4 Å². The average Bonchev–Trinajstić information content (AvgIpc) is 2.67. The third-order valence-electron chi connectivity index (χ3n) is 4.01. The second kappa shape index (κ2) is 7.55. The number of rotatable bonds is 4. The van der Waals surface area contributed by atoms with Gasteiger partial charge in [-0.15, -0.1) is 0 Å². The van der Waals surface area contributed by atoms with Gasteiger partial charge < -0.3 is 16.0 Å². The van der Waals surface area contributed by atoms with Crippen molar-refractivity contribution >= 4 is 5.70 Å². The molecule has 0 unspecified atom stereocenters. The topological polar surface area (TPSA) is 36.1 Å². The largest absolute Gasteiger partial charge is 0.366 e. The maximum absolute atomic E-state index is 3.55. The van der Waals surface area contributed by atoms with E-state index in [-0.39, 0.29) is 0 Å². The highest BCUT2D eigenvalue weighted by Gasteiger charge is 2.19. The van der Waals surface area contributed by atoms with Gasteiger partial charge in [0.15, 0.2) is 0 Å². The van der Waals surface area contributed by atoms with E-state index >= 15 is 0 Å². The van der Waals surface area contributed by atoms with Crippen molar-refractivity contribution in [3.8, 4) is 0 Å². The monoisotopic (exact) mass is 317 g/mol. The smallest absolute Gasteiger partial charge is 0.128 e. The van der Waals surface area contributed by atoms with Crippen molar-refractivity contribution in [3.63, 3.8) is 0 Å². The Kier molecular flexibility index (Phi) is 5.02. The molecule has 0 aliphatic carbocycles. The minimum Gasteiger partial charge on any atom is -0.366 e. The van der Waals surface area contributed by atoms with Crippen molar-refractivity contribution in [1.29, 1.82) is 0 Å². The first kappa shape index (κ1) is 15.9. The summed E-state index contributed by atoms with van der Waals surface area (Å²) in [6.45, 7) is 4.84. The van der Waals surface area contributed by atoms with E-state index in [0.29, 0.717) is 0 Å². The van der Waals surface area contributed by atoms with Gasteiger partial charge >= 0.3 is 0 Å². The molecule has 0 aromatic heterocycles. The van der Waals surface area contributed by atoms with Crippen LogP contribution >= 0.6 is 0 Å². The fraction of sp³-hybridized carbons (Fsp3) is 0.143. The first-order chi connectivity index (χ1) is 11.8. The van der Waals surface area contributed by atoms with E-state index in [1.54, 1.807) is 0 Å². The van der Waals surface area contributed by atoms with E-state index < -0.39 is 0 Å². The normalized spacial score (nSPS) is 17.6.